The lowest BCUT2D eigenvalue weighted by molar-refractivity contribution is 0.0736. The number of benzene rings is 1. The Morgan fingerprint density at radius 3 is 2.67 bits per heavy atom. The molecule has 0 fully saturated rings. The lowest BCUT2D eigenvalue weighted by Crippen LogP contribution is -2.39. The van der Waals surface area contributed by atoms with Crippen molar-refractivity contribution in [3.05, 3.63) is 98.4 Å². The SMILES string of the molecule is Cc1nnsc1C(=O)N1CCc2c(cc(-c3ccccc3F)c(=O)n2Cc2ccncc2)C1. The van der Waals surface area contributed by atoms with E-state index < -0.39 is 5.82 Å². The van der Waals surface area contributed by atoms with Crippen LogP contribution in [0.5, 0.6) is 0 Å². The van der Waals surface area contributed by atoms with Gasteiger partial charge in [0, 0.05) is 43.2 Å². The molecule has 33 heavy (non-hydrogen) atoms. The number of halogens is 1. The number of pyridine rings is 2. The van der Waals surface area contributed by atoms with E-state index in [0.717, 1.165) is 28.4 Å². The molecule has 0 unspecified atom stereocenters. The van der Waals surface area contributed by atoms with Gasteiger partial charge in [-0.05, 0) is 53.8 Å². The van der Waals surface area contributed by atoms with Gasteiger partial charge in [-0.25, -0.2) is 4.39 Å². The maximum atomic E-state index is 14.6. The van der Waals surface area contributed by atoms with Gasteiger partial charge in [0.2, 0.25) is 0 Å². The highest BCUT2D eigenvalue weighted by Crippen LogP contribution is 2.27. The Balaban J connectivity index is 1.61. The number of aryl methyl sites for hydroxylation is 1. The fourth-order valence-electron chi connectivity index (χ4n) is 4.17. The second-order valence-electron chi connectivity index (χ2n) is 7.92. The highest BCUT2D eigenvalue weighted by Gasteiger charge is 2.28. The van der Waals surface area contributed by atoms with Gasteiger partial charge in [-0.1, -0.05) is 22.7 Å². The predicted molar refractivity (Wildman–Crippen MR) is 123 cm³/mol. The molecule has 1 aromatic carbocycles. The van der Waals surface area contributed by atoms with Crippen LogP contribution < -0.4 is 5.56 Å². The van der Waals surface area contributed by atoms with E-state index in [4.69, 9.17) is 0 Å². The smallest absolute Gasteiger partial charge is 0.267 e. The average molecular weight is 462 g/mol. The molecule has 1 aliphatic heterocycles. The minimum absolute atomic E-state index is 0.132. The van der Waals surface area contributed by atoms with Crippen LogP contribution in [0.3, 0.4) is 0 Å². The quantitative estimate of drug-likeness (QED) is 0.465. The summed E-state index contributed by atoms with van der Waals surface area (Å²) in [5.74, 6) is -0.590. The Hall–Kier alpha value is -3.72. The van der Waals surface area contributed by atoms with E-state index in [1.165, 1.54) is 6.07 Å². The molecular weight excluding hydrogens is 441 g/mol. The summed E-state index contributed by atoms with van der Waals surface area (Å²) in [4.78, 5) is 32.9. The number of nitrogens with zero attached hydrogens (tertiary/aromatic N) is 5. The van der Waals surface area contributed by atoms with Crippen molar-refractivity contribution in [3.8, 4) is 11.1 Å². The number of carbonyl (C=O) groups excluding carboxylic acids is 1. The Kier molecular flexibility index (Phi) is 5.55. The zero-order valence-corrected chi connectivity index (χ0v) is 18.7. The van der Waals surface area contributed by atoms with Crippen LogP contribution in [0.4, 0.5) is 4.39 Å². The summed E-state index contributed by atoms with van der Waals surface area (Å²) in [6.07, 6.45) is 3.88. The van der Waals surface area contributed by atoms with E-state index in [-0.39, 0.29) is 22.6 Å². The first-order chi connectivity index (χ1) is 16.0. The van der Waals surface area contributed by atoms with Crippen LogP contribution in [-0.2, 0) is 19.5 Å². The van der Waals surface area contributed by atoms with Gasteiger partial charge in [-0.3, -0.25) is 14.6 Å². The Morgan fingerprint density at radius 1 is 1.15 bits per heavy atom. The highest BCUT2D eigenvalue weighted by atomic mass is 32.1. The second-order valence-corrected chi connectivity index (χ2v) is 8.67. The molecule has 0 N–H and O–H groups in total. The van der Waals surface area contributed by atoms with E-state index in [9.17, 15) is 14.0 Å². The molecule has 4 aromatic rings. The Morgan fingerprint density at radius 2 is 1.94 bits per heavy atom. The van der Waals surface area contributed by atoms with Crippen LogP contribution in [0.2, 0.25) is 0 Å². The molecular formula is C24H20FN5O2S. The van der Waals surface area contributed by atoms with Crippen LogP contribution >= 0.6 is 11.5 Å². The fraction of sp³-hybridized carbons (Fsp3) is 0.208. The molecule has 3 aromatic heterocycles. The van der Waals surface area contributed by atoms with Crippen LogP contribution in [-0.4, -0.2) is 36.5 Å². The fourth-order valence-corrected chi connectivity index (χ4v) is 4.80. The number of fused-ring (bicyclic) bond motifs is 1. The molecule has 0 saturated heterocycles. The van der Waals surface area contributed by atoms with Gasteiger partial charge >= 0.3 is 0 Å². The number of hydrogen-bond donors (Lipinski definition) is 0. The summed E-state index contributed by atoms with van der Waals surface area (Å²) >= 11 is 1.08. The van der Waals surface area contributed by atoms with Crippen molar-refractivity contribution in [1.29, 1.82) is 0 Å². The standard InChI is InChI=1S/C24H20FN5O2S/c1-15-22(33-28-27-15)24(32)29-11-8-21-17(14-29)12-19(18-4-2-3-5-20(18)25)23(31)30(21)13-16-6-9-26-10-7-16/h2-7,9-10,12H,8,11,13-14H2,1H3. The summed E-state index contributed by atoms with van der Waals surface area (Å²) in [6.45, 7) is 2.90. The van der Waals surface area contributed by atoms with Crippen molar-refractivity contribution in [3.63, 3.8) is 0 Å². The first-order valence-electron chi connectivity index (χ1n) is 10.5. The van der Waals surface area contributed by atoms with Gasteiger partial charge < -0.3 is 9.47 Å². The molecule has 1 amide bonds. The summed E-state index contributed by atoms with van der Waals surface area (Å²) < 4.78 is 20.2. The molecule has 4 heterocycles. The summed E-state index contributed by atoms with van der Waals surface area (Å²) in [5.41, 5.74) is 3.50. The van der Waals surface area contributed by atoms with Crippen molar-refractivity contribution in [2.75, 3.05) is 6.54 Å². The highest BCUT2D eigenvalue weighted by molar-refractivity contribution is 7.07. The summed E-state index contributed by atoms with van der Waals surface area (Å²) in [6, 6.07) is 11.7. The number of hydrogen-bond acceptors (Lipinski definition) is 6. The van der Waals surface area contributed by atoms with Gasteiger partial charge in [-0.2, -0.15) is 0 Å². The van der Waals surface area contributed by atoms with E-state index in [1.54, 1.807) is 53.0 Å². The molecule has 1 aliphatic rings. The third-order valence-corrected chi connectivity index (χ3v) is 6.67. The predicted octanol–water partition coefficient (Wildman–Crippen LogP) is 3.46. The van der Waals surface area contributed by atoms with Gasteiger partial charge in [0.1, 0.15) is 10.7 Å². The molecule has 0 atom stereocenters. The summed E-state index contributed by atoms with van der Waals surface area (Å²) in [7, 11) is 0. The van der Waals surface area contributed by atoms with Gasteiger partial charge in [0.15, 0.2) is 0 Å². The zero-order valence-electron chi connectivity index (χ0n) is 17.9. The first kappa shape index (κ1) is 21.1. The van der Waals surface area contributed by atoms with Crippen LogP contribution in [0.25, 0.3) is 11.1 Å². The molecule has 0 bridgehead atoms. The van der Waals surface area contributed by atoms with Crippen molar-refractivity contribution in [1.82, 2.24) is 24.0 Å². The third-order valence-electron chi connectivity index (χ3n) is 5.86. The van der Waals surface area contributed by atoms with Crippen LogP contribution in [0.15, 0.2) is 59.7 Å². The van der Waals surface area contributed by atoms with E-state index in [2.05, 4.69) is 14.6 Å². The normalized spacial score (nSPS) is 13.1. The Labute approximate surface area is 193 Å². The van der Waals surface area contributed by atoms with Crippen LogP contribution in [0.1, 0.15) is 32.2 Å². The van der Waals surface area contributed by atoms with E-state index in [0.29, 0.717) is 36.6 Å². The topological polar surface area (TPSA) is 81.0 Å². The summed E-state index contributed by atoms with van der Waals surface area (Å²) in [5, 5.41) is 3.94. The zero-order chi connectivity index (χ0) is 22.9. The largest absolute Gasteiger partial charge is 0.333 e. The number of carbonyl (C=O) groups is 1. The maximum absolute atomic E-state index is 14.6. The molecule has 9 heteroatoms. The monoisotopic (exact) mass is 461 g/mol. The van der Waals surface area contributed by atoms with Crippen molar-refractivity contribution < 1.29 is 9.18 Å². The minimum atomic E-state index is -0.458. The van der Waals surface area contributed by atoms with Gasteiger partial charge in [0.25, 0.3) is 11.5 Å². The van der Waals surface area contributed by atoms with E-state index in [1.807, 2.05) is 12.1 Å². The van der Waals surface area contributed by atoms with E-state index >= 15 is 0 Å². The molecule has 0 spiro atoms. The van der Waals surface area contributed by atoms with Crippen molar-refractivity contribution in [2.24, 2.45) is 0 Å². The second kappa shape index (κ2) is 8.67. The molecule has 166 valence electrons. The Bertz CT molecular complexity index is 1400. The average Bonchev–Trinajstić information content (AvgIpc) is 3.27. The lowest BCUT2D eigenvalue weighted by Gasteiger charge is -2.31. The molecule has 0 saturated carbocycles. The maximum Gasteiger partial charge on any atom is 0.267 e. The van der Waals surface area contributed by atoms with Gasteiger partial charge in [0.05, 0.1) is 17.8 Å². The van der Waals surface area contributed by atoms with Crippen molar-refractivity contribution in [2.45, 2.75) is 26.4 Å². The first-order valence-corrected chi connectivity index (χ1v) is 11.3. The number of amides is 1. The molecule has 0 aliphatic carbocycles. The molecule has 5 rings (SSSR count). The molecule has 0 radical (unpaired) electrons. The number of rotatable bonds is 4. The number of aromatic nitrogens is 4. The van der Waals surface area contributed by atoms with Gasteiger partial charge in [-0.15, -0.1) is 5.10 Å². The van der Waals surface area contributed by atoms with Crippen LogP contribution in [0, 0.1) is 12.7 Å². The van der Waals surface area contributed by atoms with Crippen molar-refractivity contribution >= 4 is 17.4 Å². The minimum Gasteiger partial charge on any atom is -0.333 e. The third kappa shape index (κ3) is 3.95. The lowest BCUT2D eigenvalue weighted by atomic mass is 9.98. The molecule has 7 nitrogen and oxygen atoms in total.